The fraction of sp³-hybridized carbons (Fsp3) is 0.417. The summed E-state index contributed by atoms with van der Waals surface area (Å²) >= 11 is 0. The fourth-order valence-electron chi connectivity index (χ4n) is 1.36. The molecule has 0 saturated heterocycles. The molecule has 1 heterocycles. The minimum Gasteiger partial charge on any atom is -0.464 e. The smallest absolute Gasteiger partial charge is 0.320 e. The summed E-state index contributed by atoms with van der Waals surface area (Å²) in [5.41, 5.74) is 0. The van der Waals surface area contributed by atoms with Crippen molar-refractivity contribution in [1.82, 2.24) is 10.3 Å². The molecule has 6 nitrogen and oxygen atoms in total. The first-order valence-corrected chi connectivity index (χ1v) is 5.98. The monoisotopic (exact) mass is 267 g/mol. The highest BCUT2D eigenvalue weighted by molar-refractivity contribution is 5.88. The van der Waals surface area contributed by atoms with Gasteiger partial charge in [-0.2, -0.15) is 0 Å². The summed E-state index contributed by atoms with van der Waals surface area (Å²) < 4.78 is 17.5. The Labute approximate surface area is 109 Å². The van der Waals surface area contributed by atoms with Gasteiger partial charge in [0.05, 0.1) is 18.7 Å². The number of rotatable bonds is 5. The van der Waals surface area contributed by atoms with E-state index in [1.807, 2.05) is 0 Å². The number of aromatic nitrogens is 1. The van der Waals surface area contributed by atoms with Gasteiger partial charge < -0.3 is 10.1 Å². The number of halogens is 1. The van der Waals surface area contributed by atoms with Crippen LogP contribution in [-0.2, 0) is 9.53 Å². The molecule has 0 atom stereocenters. The number of ether oxygens (including phenoxy) is 1. The molecule has 1 aliphatic carbocycles. The van der Waals surface area contributed by atoms with Crippen LogP contribution in [0.4, 0.5) is 15.0 Å². The van der Waals surface area contributed by atoms with Gasteiger partial charge in [0.2, 0.25) is 0 Å². The number of hydrogen-bond acceptors (Lipinski definition) is 4. The van der Waals surface area contributed by atoms with Gasteiger partial charge in [0.15, 0.2) is 0 Å². The summed E-state index contributed by atoms with van der Waals surface area (Å²) in [6.07, 6.45) is 2.79. The number of carbonyl (C=O) groups excluding carboxylic acids is 2. The van der Waals surface area contributed by atoms with Crippen LogP contribution in [0.5, 0.6) is 0 Å². The van der Waals surface area contributed by atoms with E-state index in [0.29, 0.717) is 0 Å². The lowest BCUT2D eigenvalue weighted by Gasteiger charge is -2.07. The van der Waals surface area contributed by atoms with E-state index in [0.717, 1.165) is 19.0 Å². The Morgan fingerprint density at radius 2 is 2.21 bits per heavy atom. The van der Waals surface area contributed by atoms with Gasteiger partial charge in [-0.1, -0.05) is 0 Å². The molecular formula is C12H14FN3O3. The molecule has 0 radical (unpaired) electrons. The molecule has 2 N–H and O–H groups in total. The average Bonchev–Trinajstić information content (AvgIpc) is 3.21. The van der Waals surface area contributed by atoms with E-state index in [-0.39, 0.29) is 30.9 Å². The predicted octanol–water partition coefficient (Wildman–Crippen LogP) is 1.30. The van der Waals surface area contributed by atoms with Gasteiger partial charge in [-0.25, -0.2) is 14.2 Å². The Morgan fingerprint density at radius 3 is 2.84 bits per heavy atom. The molecule has 1 fully saturated rings. The van der Waals surface area contributed by atoms with E-state index >= 15 is 0 Å². The van der Waals surface area contributed by atoms with E-state index in [2.05, 4.69) is 15.6 Å². The van der Waals surface area contributed by atoms with E-state index in [4.69, 9.17) is 4.74 Å². The van der Waals surface area contributed by atoms with Crippen molar-refractivity contribution in [2.45, 2.75) is 12.8 Å². The third-order valence-corrected chi connectivity index (χ3v) is 2.51. The minimum atomic E-state index is -0.485. The van der Waals surface area contributed by atoms with Crippen molar-refractivity contribution in [2.24, 2.45) is 5.92 Å². The van der Waals surface area contributed by atoms with Gasteiger partial charge in [0.25, 0.3) is 0 Å². The van der Waals surface area contributed by atoms with Gasteiger partial charge in [-0.3, -0.25) is 10.1 Å². The van der Waals surface area contributed by atoms with E-state index in [9.17, 15) is 14.0 Å². The molecule has 7 heteroatoms. The van der Waals surface area contributed by atoms with E-state index in [1.54, 1.807) is 0 Å². The standard InChI is InChI=1S/C12H14FN3O3/c13-9-3-4-10(15-7-9)16-12(18)14-5-6-19-11(17)8-1-2-8/h3-4,7-8H,1-2,5-6H2,(H2,14,15,16,18). The quantitative estimate of drug-likeness (QED) is 0.622. The zero-order chi connectivity index (χ0) is 13.7. The van der Waals surface area contributed by atoms with Crippen molar-refractivity contribution >= 4 is 17.8 Å². The highest BCUT2D eigenvalue weighted by Crippen LogP contribution is 2.29. The van der Waals surface area contributed by atoms with Crippen LogP contribution in [0.1, 0.15) is 12.8 Å². The number of amides is 2. The Hall–Kier alpha value is -2.18. The summed E-state index contributed by atoms with van der Waals surface area (Å²) in [5.74, 6) is -0.383. The number of carbonyl (C=O) groups is 2. The van der Waals surface area contributed by atoms with Gasteiger partial charge in [0, 0.05) is 0 Å². The molecule has 0 bridgehead atoms. The predicted molar refractivity (Wildman–Crippen MR) is 64.9 cm³/mol. The number of nitrogens with zero attached hydrogens (tertiary/aromatic N) is 1. The van der Waals surface area contributed by atoms with E-state index < -0.39 is 11.8 Å². The van der Waals surface area contributed by atoms with Crippen LogP contribution >= 0.6 is 0 Å². The zero-order valence-corrected chi connectivity index (χ0v) is 10.2. The van der Waals surface area contributed by atoms with Crippen LogP contribution in [0.15, 0.2) is 18.3 Å². The summed E-state index contributed by atoms with van der Waals surface area (Å²) in [7, 11) is 0. The first-order chi connectivity index (χ1) is 9.15. The number of anilines is 1. The maximum atomic E-state index is 12.6. The highest BCUT2D eigenvalue weighted by atomic mass is 19.1. The number of hydrogen-bond donors (Lipinski definition) is 2. The zero-order valence-electron chi connectivity index (χ0n) is 10.2. The van der Waals surface area contributed by atoms with Crippen molar-refractivity contribution in [3.63, 3.8) is 0 Å². The van der Waals surface area contributed by atoms with E-state index in [1.165, 1.54) is 12.1 Å². The van der Waals surface area contributed by atoms with Crippen molar-refractivity contribution < 1.29 is 18.7 Å². The second-order valence-corrected chi connectivity index (χ2v) is 4.18. The summed E-state index contributed by atoms with van der Waals surface area (Å²) in [6, 6.07) is 2.06. The number of esters is 1. The molecule has 102 valence electrons. The summed E-state index contributed by atoms with van der Waals surface area (Å²) in [5, 5.41) is 4.92. The average molecular weight is 267 g/mol. The van der Waals surface area contributed by atoms with Gasteiger partial charge in [-0.05, 0) is 25.0 Å². The molecule has 2 amide bonds. The largest absolute Gasteiger partial charge is 0.464 e. The van der Waals surface area contributed by atoms with Crippen LogP contribution < -0.4 is 10.6 Å². The first kappa shape index (κ1) is 13.3. The molecule has 0 unspecified atom stereocenters. The molecule has 1 aliphatic rings. The molecule has 1 saturated carbocycles. The van der Waals surface area contributed by atoms with Crippen LogP contribution in [0.3, 0.4) is 0 Å². The van der Waals surface area contributed by atoms with Crippen molar-refractivity contribution in [2.75, 3.05) is 18.5 Å². The summed E-state index contributed by atoms with van der Waals surface area (Å²) in [6.45, 7) is 0.352. The topological polar surface area (TPSA) is 80.3 Å². The van der Waals surface area contributed by atoms with Crippen molar-refractivity contribution in [3.05, 3.63) is 24.1 Å². The highest BCUT2D eigenvalue weighted by Gasteiger charge is 2.30. The minimum absolute atomic E-state index is 0.0530. The first-order valence-electron chi connectivity index (χ1n) is 5.98. The van der Waals surface area contributed by atoms with Crippen molar-refractivity contribution in [3.8, 4) is 0 Å². The third-order valence-electron chi connectivity index (χ3n) is 2.51. The molecule has 19 heavy (non-hydrogen) atoms. The normalized spacial score (nSPS) is 13.7. The SMILES string of the molecule is O=C(NCCOC(=O)C1CC1)Nc1ccc(F)cn1. The maximum Gasteiger partial charge on any atom is 0.320 e. The van der Waals surface area contributed by atoms with Crippen LogP contribution in [0, 0.1) is 11.7 Å². The Balaban J connectivity index is 1.61. The third kappa shape index (κ3) is 4.53. The van der Waals surface area contributed by atoms with Gasteiger partial charge >= 0.3 is 12.0 Å². The second kappa shape index (κ2) is 6.12. The van der Waals surface area contributed by atoms with Crippen LogP contribution in [-0.4, -0.2) is 30.1 Å². The van der Waals surface area contributed by atoms with Crippen molar-refractivity contribution in [1.29, 1.82) is 0 Å². The molecule has 0 aromatic carbocycles. The number of pyridine rings is 1. The fourth-order valence-corrected chi connectivity index (χ4v) is 1.36. The molecular weight excluding hydrogens is 253 g/mol. The summed E-state index contributed by atoms with van der Waals surface area (Å²) in [4.78, 5) is 26.2. The number of urea groups is 1. The molecule has 0 aliphatic heterocycles. The Morgan fingerprint density at radius 1 is 1.42 bits per heavy atom. The molecule has 1 aromatic rings. The lowest BCUT2D eigenvalue weighted by molar-refractivity contribution is -0.144. The van der Waals surface area contributed by atoms with Crippen LogP contribution in [0.2, 0.25) is 0 Å². The van der Waals surface area contributed by atoms with Crippen LogP contribution in [0.25, 0.3) is 0 Å². The maximum absolute atomic E-state index is 12.6. The molecule has 0 spiro atoms. The second-order valence-electron chi connectivity index (χ2n) is 4.18. The Kier molecular flexibility index (Phi) is 4.27. The lowest BCUT2D eigenvalue weighted by atomic mass is 10.4. The van der Waals surface area contributed by atoms with Gasteiger partial charge in [0.1, 0.15) is 18.2 Å². The lowest BCUT2D eigenvalue weighted by Crippen LogP contribution is -2.32. The molecule has 2 rings (SSSR count). The Bertz CT molecular complexity index is 460. The number of nitrogens with one attached hydrogen (secondary N) is 2. The molecule has 1 aromatic heterocycles. The van der Waals surface area contributed by atoms with Gasteiger partial charge in [-0.15, -0.1) is 0 Å².